The van der Waals surface area contributed by atoms with Crippen molar-refractivity contribution in [3.63, 3.8) is 0 Å². The number of fused-ring (bicyclic) bond motifs is 1. The molecule has 4 rings (SSSR count). The number of carbonyl (C=O) groups is 1. The lowest BCUT2D eigenvalue weighted by atomic mass is 9.95. The minimum absolute atomic E-state index is 0.177. The number of benzene rings is 2. The van der Waals surface area contributed by atoms with Crippen molar-refractivity contribution in [2.45, 2.75) is 25.0 Å². The van der Waals surface area contributed by atoms with E-state index in [0.29, 0.717) is 33.9 Å². The predicted molar refractivity (Wildman–Crippen MR) is 125 cm³/mol. The average molecular weight is 478 g/mol. The summed E-state index contributed by atoms with van der Waals surface area (Å²) in [6.45, 7) is 0. The van der Waals surface area contributed by atoms with Gasteiger partial charge < -0.3 is 19.7 Å². The van der Waals surface area contributed by atoms with Gasteiger partial charge in [-0.25, -0.2) is 9.07 Å². The van der Waals surface area contributed by atoms with Gasteiger partial charge >= 0.3 is 5.97 Å². The van der Waals surface area contributed by atoms with Gasteiger partial charge in [-0.3, -0.25) is 4.79 Å². The highest BCUT2D eigenvalue weighted by molar-refractivity contribution is 6.01. The van der Waals surface area contributed by atoms with Gasteiger partial charge in [0, 0.05) is 30.0 Å². The van der Waals surface area contributed by atoms with E-state index >= 15 is 0 Å². The van der Waals surface area contributed by atoms with Gasteiger partial charge in [0.05, 0.1) is 18.6 Å². The van der Waals surface area contributed by atoms with E-state index in [1.165, 1.54) is 22.9 Å². The molecule has 0 radical (unpaired) electrons. The number of carboxylic acids is 1. The maximum atomic E-state index is 13.7. The first-order valence-electron chi connectivity index (χ1n) is 10.8. The Hall–Kier alpha value is -4.15. The Labute approximate surface area is 199 Å². The minimum Gasteiger partial charge on any atom is -0.481 e. The average Bonchev–Trinajstić information content (AvgIpc) is 3.42. The number of aromatic nitrogens is 4. The van der Waals surface area contributed by atoms with Crippen molar-refractivity contribution in [3.05, 3.63) is 89.7 Å². The maximum absolute atomic E-state index is 13.7. The number of para-hydroxylation sites is 1. The van der Waals surface area contributed by atoms with Crippen molar-refractivity contribution >= 4 is 28.1 Å². The second-order valence-corrected chi connectivity index (χ2v) is 7.98. The highest BCUT2D eigenvalue weighted by atomic mass is 19.1. The standard InChI is InChI=1S/C25H23FN4O5/c1-30-25(27-28-29-30)20(11-10-18(31)13-19(32)14-23(33)34)24(15-6-8-17(26)9-7-15)22-12-16-4-2-3-5-21(16)35-22/h2-12,18-19,31-32H,13-14H2,1H3,(H,33,34)/b11-10+,24-20+/t18-,19-/m1/s1. The molecule has 0 amide bonds. The third-order valence-electron chi connectivity index (χ3n) is 5.34. The zero-order chi connectivity index (χ0) is 24.9. The van der Waals surface area contributed by atoms with E-state index in [4.69, 9.17) is 9.52 Å². The SMILES string of the molecule is Cn1nnnc1C(/C=C/[C@@H](O)C[C@@H](O)CC(=O)O)=C(\c1ccc(F)cc1)c1cc2ccccc2o1. The van der Waals surface area contributed by atoms with Gasteiger partial charge in [-0.2, -0.15) is 0 Å². The quantitative estimate of drug-likeness (QED) is 0.312. The van der Waals surface area contributed by atoms with Crippen molar-refractivity contribution in [1.29, 1.82) is 0 Å². The fraction of sp³-hybridized carbons (Fsp3) is 0.200. The van der Waals surface area contributed by atoms with Crippen LogP contribution in [0.15, 0.2) is 71.2 Å². The molecule has 3 N–H and O–H groups in total. The number of rotatable bonds is 9. The van der Waals surface area contributed by atoms with E-state index in [1.807, 2.05) is 30.3 Å². The Balaban J connectivity index is 1.87. The van der Waals surface area contributed by atoms with E-state index in [2.05, 4.69) is 15.5 Å². The second kappa shape index (κ2) is 10.4. The summed E-state index contributed by atoms with van der Waals surface area (Å²) in [5.41, 5.74) is 2.29. The first-order valence-corrected chi connectivity index (χ1v) is 10.8. The van der Waals surface area contributed by atoms with E-state index in [0.717, 1.165) is 5.39 Å². The number of aliphatic hydroxyl groups excluding tert-OH is 2. The zero-order valence-corrected chi connectivity index (χ0v) is 18.7. The number of carboxylic acid groups (broad SMARTS) is 1. The largest absolute Gasteiger partial charge is 0.481 e. The van der Waals surface area contributed by atoms with Gasteiger partial charge in [-0.05, 0) is 40.3 Å². The molecule has 4 aromatic rings. The van der Waals surface area contributed by atoms with Crippen molar-refractivity contribution in [1.82, 2.24) is 20.2 Å². The molecule has 0 unspecified atom stereocenters. The lowest BCUT2D eigenvalue weighted by molar-refractivity contribution is -0.139. The molecule has 9 nitrogen and oxygen atoms in total. The highest BCUT2D eigenvalue weighted by Gasteiger charge is 2.21. The molecule has 0 aliphatic carbocycles. The molecule has 2 atom stereocenters. The van der Waals surface area contributed by atoms with Crippen LogP contribution in [0.2, 0.25) is 0 Å². The van der Waals surface area contributed by atoms with Crippen LogP contribution >= 0.6 is 0 Å². The first-order chi connectivity index (χ1) is 16.8. The molecule has 0 aliphatic heterocycles. The minimum atomic E-state index is -1.22. The summed E-state index contributed by atoms with van der Waals surface area (Å²) in [5, 5.41) is 41.7. The lowest BCUT2D eigenvalue weighted by Gasteiger charge is -2.13. The fourth-order valence-corrected chi connectivity index (χ4v) is 3.73. The number of hydrogen-bond donors (Lipinski definition) is 3. The molecule has 0 saturated heterocycles. The monoisotopic (exact) mass is 478 g/mol. The smallest absolute Gasteiger partial charge is 0.305 e. The number of nitrogens with zero attached hydrogens (tertiary/aromatic N) is 4. The molecule has 0 bridgehead atoms. The van der Waals surface area contributed by atoms with Crippen LogP contribution in [0, 0.1) is 5.82 Å². The van der Waals surface area contributed by atoms with E-state index < -0.39 is 30.4 Å². The van der Waals surface area contributed by atoms with Gasteiger partial charge in [0.1, 0.15) is 17.2 Å². The molecule has 0 spiro atoms. The number of aliphatic hydroxyl groups is 2. The fourth-order valence-electron chi connectivity index (χ4n) is 3.73. The molecule has 10 heteroatoms. The molecule has 2 aromatic heterocycles. The highest BCUT2D eigenvalue weighted by Crippen LogP contribution is 2.35. The van der Waals surface area contributed by atoms with Crippen LogP contribution in [0.1, 0.15) is 30.0 Å². The summed E-state index contributed by atoms with van der Waals surface area (Å²) in [7, 11) is 1.65. The molecular weight excluding hydrogens is 455 g/mol. The lowest BCUT2D eigenvalue weighted by Crippen LogP contribution is -2.19. The third kappa shape index (κ3) is 5.68. The summed E-state index contributed by atoms with van der Waals surface area (Å²) < 4.78 is 21.3. The Morgan fingerprint density at radius 1 is 1.17 bits per heavy atom. The van der Waals surface area contributed by atoms with Crippen LogP contribution < -0.4 is 0 Å². The van der Waals surface area contributed by atoms with Crippen molar-refractivity contribution in [2.24, 2.45) is 7.05 Å². The van der Waals surface area contributed by atoms with Gasteiger partial charge in [0.15, 0.2) is 5.82 Å². The molecule has 2 aromatic carbocycles. The number of allylic oxidation sites excluding steroid dienone is 2. The van der Waals surface area contributed by atoms with Crippen LogP contribution in [-0.4, -0.2) is 53.7 Å². The maximum Gasteiger partial charge on any atom is 0.305 e. The summed E-state index contributed by atoms with van der Waals surface area (Å²) >= 11 is 0. The third-order valence-corrected chi connectivity index (χ3v) is 5.34. The van der Waals surface area contributed by atoms with Gasteiger partial charge in [-0.1, -0.05) is 42.5 Å². The molecule has 180 valence electrons. The summed E-state index contributed by atoms with van der Waals surface area (Å²) in [6.07, 6.45) is -0.0324. The summed E-state index contributed by atoms with van der Waals surface area (Å²) in [5.74, 6) is -0.749. The Morgan fingerprint density at radius 2 is 1.91 bits per heavy atom. The number of halogens is 1. The number of aliphatic carboxylic acids is 1. The predicted octanol–water partition coefficient (Wildman–Crippen LogP) is 3.20. The second-order valence-electron chi connectivity index (χ2n) is 7.98. The van der Waals surface area contributed by atoms with Gasteiger partial charge in [-0.15, -0.1) is 5.10 Å². The van der Waals surface area contributed by atoms with Crippen LogP contribution in [0.4, 0.5) is 4.39 Å². The number of tetrazole rings is 1. The van der Waals surface area contributed by atoms with E-state index in [-0.39, 0.29) is 6.42 Å². The first kappa shape index (κ1) is 24.0. The molecule has 2 heterocycles. The van der Waals surface area contributed by atoms with E-state index in [1.54, 1.807) is 25.3 Å². The summed E-state index contributed by atoms with van der Waals surface area (Å²) in [4.78, 5) is 10.8. The van der Waals surface area contributed by atoms with Crippen molar-refractivity contribution in [2.75, 3.05) is 0 Å². The summed E-state index contributed by atoms with van der Waals surface area (Å²) in [6, 6.07) is 15.2. The van der Waals surface area contributed by atoms with Gasteiger partial charge in [0.2, 0.25) is 0 Å². The van der Waals surface area contributed by atoms with E-state index in [9.17, 15) is 19.4 Å². The van der Waals surface area contributed by atoms with Crippen LogP contribution in [0.3, 0.4) is 0 Å². The number of hydrogen-bond acceptors (Lipinski definition) is 7. The topological polar surface area (TPSA) is 134 Å². The van der Waals surface area contributed by atoms with Crippen LogP contribution in [0.5, 0.6) is 0 Å². The molecule has 35 heavy (non-hydrogen) atoms. The molecular formula is C25H23FN4O5. The number of furan rings is 1. The molecule has 0 aliphatic rings. The molecule has 0 fully saturated rings. The number of aryl methyl sites for hydroxylation is 1. The van der Waals surface area contributed by atoms with Crippen LogP contribution in [0.25, 0.3) is 22.1 Å². The van der Waals surface area contributed by atoms with Crippen molar-refractivity contribution in [3.8, 4) is 0 Å². The zero-order valence-electron chi connectivity index (χ0n) is 18.7. The van der Waals surface area contributed by atoms with Crippen molar-refractivity contribution < 1.29 is 28.9 Å². The Bertz CT molecular complexity index is 1360. The van der Waals surface area contributed by atoms with Crippen LogP contribution in [-0.2, 0) is 11.8 Å². The molecule has 0 saturated carbocycles. The van der Waals surface area contributed by atoms with Gasteiger partial charge in [0.25, 0.3) is 0 Å². The Morgan fingerprint density at radius 3 is 2.57 bits per heavy atom. The normalized spacial score (nSPS) is 14.3. The Kier molecular flexibility index (Phi) is 7.14.